The largest absolute Gasteiger partial charge is 0.497 e. The summed E-state index contributed by atoms with van der Waals surface area (Å²) in [5.74, 6) is 0.504. The van der Waals surface area contributed by atoms with Crippen molar-refractivity contribution < 1.29 is 13.9 Å². The van der Waals surface area contributed by atoms with Gasteiger partial charge in [-0.2, -0.15) is 0 Å². The quantitative estimate of drug-likeness (QED) is 0.555. The third-order valence-corrected chi connectivity index (χ3v) is 5.33. The lowest BCUT2D eigenvalue weighted by Crippen LogP contribution is -2.28. The zero-order valence-corrected chi connectivity index (χ0v) is 17.5. The van der Waals surface area contributed by atoms with E-state index in [0.29, 0.717) is 28.3 Å². The number of rotatable bonds is 7. The lowest BCUT2D eigenvalue weighted by molar-refractivity contribution is -0.121. The van der Waals surface area contributed by atoms with Crippen LogP contribution in [0.5, 0.6) is 5.75 Å². The Morgan fingerprint density at radius 3 is 2.72 bits per heavy atom. The molecule has 0 saturated carbocycles. The molecule has 0 aliphatic carbocycles. The molecule has 3 rings (SSSR count). The molecule has 6 heteroatoms. The molecule has 2 aromatic carbocycles. The monoisotopic (exact) mass is 413 g/mol. The number of ether oxygens (including phenoxy) is 1. The van der Waals surface area contributed by atoms with Gasteiger partial charge in [0, 0.05) is 28.5 Å². The van der Waals surface area contributed by atoms with E-state index in [1.807, 2.05) is 44.2 Å². The second-order valence-electron chi connectivity index (χ2n) is 6.94. The SMILES string of the molecule is CCC(NC(=O)CCc1c(C)c2ccc(OC)cc2oc1=O)c1cccc(Cl)c1. The molecule has 152 valence electrons. The minimum absolute atomic E-state index is 0.120. The first-order valence-electron chi connectivity index (χ1n) is 9.58. The Balaban J connectivity index is 1.74. The molecule has 1 unspecified atom stereocenters. The van der Waals surface area contributed by atoms with Gasteiger partial charge in [0.15, 0.2) is 0 Å². The van der Waals surface area contributed by atoms with Crippen LogP contribution in [0.4, 0.5) is 0 Å². The van der Waals surface area contributed by atoms with Crippen molar-refractivity contribution in [2.24, 2.45) is 0 Å². The normalized spacial score (nSPS) is 12.0. The first kappa shape index (κ1) is 20.9. The van der Waals surface area contributed by atoms with Gasteiger partial charge in [0.25, 0.3) is 0 Å². The fourth-order valence-corrected chi connectivity index (χ4v) is 3.64. The van der Waals surface area contributed by atoms with E-state index in [0.717, 1.165) is 22.9 Å². The van der Waals surface area contributed by atoms with E-state index in [1.165, 1.54) is 0 Å². The van der Waals surface area contributed by atoms with E-state index in [1.54, 1.807) is 19.2 Å². The van der Waals surface area contributed by atoms with Gasteiger partial charge in [-0.15, -0.1) is 0 Å². The molecule has 5 nitrogen and oxygen atoms in total. The van der Waals surface area contributed by atoms with Crippen LogP contribution in [-0.2, 0) is 11.2 Å². The number of fused-ring (bicyclic) bond motifs is 1. The van der Waals surface area contributed by atoms with Crippen LogP contribution in [0, 0.1) is 6.92 Å². The maximum atomic E-state index is 12.5. The topological polar surface area (TPSA) is 68.5 Å². The number of carbonyl (C=O) groups is 1. The molecule has 0 aliphatic rings. The number of hydrogen-bond donors (Lipinski definition) is 1. The molecule has 29 heavy (non-hydrogen) atoms. The van der Waals surface area contributed by atoms with E-state index in [9.17, 15) is 9.59 Å². The molecule has 0 aliphatic heterocycles. The van der Waals surface area contributed by atoms with Crippen LogP contribution < -0.4 is 15.7 Å². The minimum atomic E-state index is -0.419. The predicted molar refractivity (Wildman–Crippen MR) is 115 cm³/mol. The van der Waals surface area contributed by atoms with Crippen molar-refractivity contribution in [3.63, 3.8) is 0 Å². The Labute approximate surface area is 174 Å². The van der Waals surface area contributed by atoms with E-state index in [2.05, 4.69) is 5.32 Å². The van der Waals surface area contributed by atoms with Gasteiger partial charge in [-0.1, -0.05) is 30.7 Å². The van der Waals surface area contributed by atoms with Crippen LogP contribution in [0.2, 0.25) is 5.02 Å². The summed E-state index contributed by atoms with van der Waals surface area (Å²) >= 11 is 6.06. The molecule has 0 spiro atoms. The summed E-state index contributed by atoms with van der Waals surface area (Å²) in [6.45, 7) is 3.88. The summed E-state index contributed by atoms with van der Waals surface area (Å²) in [5.41, 5.74) is 2.37. The summed E-state index contributed by atoms with van der Waals surface area (Å²) in [6.07, 6.45) is 1.25. The average Bonchev–Trinajstić information content (AvgIpc) is 2.71. The molecule has 1 heterocycles. The van der Waals surface area contributed by atoms with Crippen LogP contribution in [0.15, 0.2) is 51.7 Å². The van der Waals surface area contributed by atoms with Gasteiger partial charge in [-0.05, 0) is 55.2 Å². The molecule has 0 radical (unpaired) electrons. The molecular formula is C23H24ClNO4. The second kappa shape index (κ2) is 9.14. The van der Waals surface area contributed by atoms with Gasteiger partial charge in [-0.3, -0.25) is 4.79 Å². The zero-order valence-electron chi connectivity index (χ0n) is 16.8. The highest BCUT2D eigenvalue weighted by Crippen LogP contribution is 2.25. The molecule has 3 aromatic rings. The highest BCUT2D eigenvalue weighted by molar-refractivity contribution is 6.30. The summed E-state index contributed by atoms with van der Waals surface area (Å²) in [5, 5.41) is 4.50. The van der Waals surface area contributed by atoms with Crippen molar-refractivity contribution in [3.05, 3.63) is 74.6 Å². The van der Waals surface area contributed by atoms with Crippen LogP contribution >= 0.6 is 11.6 Å². The van der Waals surface area contributed by atoms with E-state index in [-0.39, 0.29) is 18.4 Å². The smallest absolute Gasteiger partial charge is 0.339 e. The number of amides is 1. The summed E-state index contributed by atoms with van der Waals surface area (Å²) in [6, 6.07) is 12.7. The van der Waals surface area contributed by atoms with E-state index < -0.39 is 5.63 Å². The maximum absolute atomic E-state index is 12.5. The Kier molecular flexibility index (Phi) is 6.60. The maximum Gasteiger partial charge on any atom is 0.339 e. The lowest BCUT2D eigenvalue weighted by Gasteiger charge is -2.18. The van der Waals surface area contributed by atoms with Gasteiger partial charge in [0.1, 0.15) is 11.3 Å². The number of nitrogens with one attached hydrogen (secondary N) is 1. The highest BCUT2D eigenvalue weighted by atomic mass is 35.5. The van der Waals surface area contributed by atoms with E-state index >= 15 is 0 Å². The van der Waals surface area contributed by atoms with Gasteiger partial charge in [0.2, 0.25) is 5.91 Å². The van der Waals surface area contributed by atoms with Crippen molar-refractivity contribution in [1.82, 2.24) is 5.32 Å². The molecule has 1 amide bonds. The number of benzene rings is 2. The fourth-order valence-electron chi connectivity index (χ4n) is 3.44. The predicted octanol–water partition coefficient (Wildman–Crippen LogP) is 4.96. The fraction of sp³-hybridized carbons (Fsp3) is 0.304. The Bertz CT molecular complexity index is 1090. The van der Waals surface area contributed by atoms with Gasteiger partial charge >= 0.3 is 5.63 Å². The molecule has 1 aromatic heterocycles. The minimum Gasteiger partial charge on any atom is -0.497 e. The van der Waals surface area contributed by atoms with Crippen LogP contribution in [0.1, 0.15) is 42.5 Å². The summed E-state index contributed by atoms with van der Waals surface area (Å²) in [4.78, 5) is 25.0. The average molecular weight is 414 g/mol. The van der Waals surface area contributed by atoms with Crippen molar-refractivity contribution in [2.75, 3.05) is 7.11 Å². The summed E-state index contributed by atoms with van der Waals surface area (Å²) < 4.78 is 10.6. The second-order valence-corrected chi connectivity index (χ2v) is 7.37. The Morgan fingerprint density at radius 1 is 1.24 bits per heavy atom. The number of aryl methyl sites for hydroxylation is 1. The summed E-state index contributed by atoms with van der Waals surface area (Å²) in [7, 11) is 1.56. The van der Waals surface area contributed by atoms with Gasteiger partial charge in [-0.25, -0.2) is 4.79 Å². The van der Waals surface area contributed by atoms with Gasteiger partial charge < -0.3 is 14.5 Å². The zero-order chi connectivity index (χ0) is 21.0. The van der Waals surface area contributed by atoms with Crippen molar-refractivity contribution in [2.45, 2.75) is 39.2 Å². The number of hydrogen-bond acceptors (Lipinski definition) is 4. The standard InChI is InChI=1S/C23H24ClNO4/c1-4-20(15-6-5-7-16(24)12-15)25-22(26)11-10-19-14(2)18-9-8-17(28-3)13-21(18)29-23(19)27/h5-9,12-13,20H,4,10-11H2,1-3H3,(H,25,26). The first-order chi connectivity index (χ1) is 13.9. The molecule has 0 saturated heterocycles. The molecule has 1 atom stereocenters. The van der Waals surface area contributed by atoms with Crippen LogP contribution in [0.25, 0.3) is 11.0 Å². The molecule has 1 N–H and O–H groups in total. The molecule has 0 fully saturated rings. The third-order valence-electron chi connectivity index (χ3n) is 5.09. The van der Waals surface area contributed by atoms with Crippen molar-refractivity contribution in [1.29, 1.82) is 0 Å². The van der Waals surface area contributed by atoms with Crippen LogP contribution in [0.3, 0.4) is 0 Å². The van der Waals surface area contributed by atoms with Crippen molar-refractivity contribution >= 4 is 28.5 Å². The molecule has 0 bridgehead atoms. The number of methoxy groups -OCH3 is 1. The van der Waals surface area contributed by atoms with Gasteiger partial charge in [0.05, 0.1) is 13.2 Å². The number of halogens is 1. The lowest BCUT2D eigenvalue weighted by atomic mass is 10.0. The van der Waals surface area contributed by atoms with Crippen molar-refractivity contribution in [3.8, 4) is 5.75 Å². The third kappa shape index (κ3) is 4.80. The Hall–Kier alpha value is -2.79. The Morgan fingerprint density at radius 2 is 2.03 bits per heavy atom. The van der Waals surface area contributed by atoms with Crippen LogP contribution in [-0.4, -0.2) is 13.0 Å². The highest BCUT2D eigenvalue weighted by Gasteiger charge is 2.16. The first-order valence-corrected chi connectivity index (χ1v) is 9.96. The number of carbonyl (C=O) groups excluding carboxylic acids is 1. The molecular weight excluding hydrogens is 390 g/mol. The van der Waals surface area contributed by atoms with E-state index in [4.69, 9.17) is 20.8 Å².